The predicted octanol–water partition coefficient (Wildman–Crippen LogP) is 7.09. The van der Waals surface area contributed by atoms with Gasteiger partial charge >= 0.3 is 0 Å². The minimum Gasteiger partial charge on any atom is -0.352 e. The Morgan fingerprint density at radius 2 is 1.59 bits per heavy atom. The summed E-state index contributed by atoms with van der Waals surface area (Å²) in [6.07, 6.45) is 1.26. The van der Waals surface area contributed by atoms with Crippen LogP contribution >= 0.6 is 35.0 Å². The summed E-state index contributed by atoms with van der Waals surface area (Å²) in [5.41, 5.74) is 4.14. The van der Waals surface area contributed by atoms with Crippen molar-refractivity contribution in [2.24, 2.45) is 0 Å². The molecular weight excluding hydrogens is 523 g/mol. The first kappa shape index (κ1) is 29.1. The molecule has 3 rings (SSSR count). The maximum absolute atomic E-state index is 13.7. The molecule has 0 aliphatic heterocycles. The van der Waals surface area contributed by atoms with Crippen LogP contribution in [0.1, 0.15) is 42.5 Å². The molecule has 37 heavy (non-hydrogen) atoms. The Morgan fingerprint density at radius 3 is 2.24 bits per heavy atom. The van der Waals surface area contributed by atoms with Crippen LogP contribution in [-0.2, 0) is 28.3 Å². The summed E-state index contributed by atoms with van der Waals surface area (Å²) in [5, 5.41) is 4.11. The molecule has 0 unspecified atom stereocenters. The lowest BCUT2D eigenvalue weighted by atomic mass is 10.0. The average molecular weight is 558 g/mol. The molecule has 0 aromatic heterocycles. The summed E-state index contributed by atoms with van der Waals surface area (Å²) in [6.45, 7) is 6.41. The van der Waals surface area contributed by atoms with Crippen molar-refractivity contribution in [1.82, 2.24) is 10.2 Å². The Balaban J connectivity index is 1.84. The molecular formula is C30H34Cl2N2O2S. The van der Waals surface area contributed by atoms with Gasteiger partial charge < -0.3 is 10.2 Å². The van der Waals surface area contributed by atoms with Gasteiger partial charge in [0.25, 0.3) is 0 Å². The third-order valence-electron chi connectivity index (χ3n) is 6.22. The van der Waals surface area contributed by atoms with E-state index in [-0.39, 0.29) is 23.6 Å². The third-order valence-corrected chi connectivity index (χ3v) is 7.95. The van der Waals surface area contributed by atoms with Crippen molar-refractivity contribution in [2.45, 2.75) is 58.0 Å². The first-order valence-electron chi connectivity index (χ1n) is 12.5. The van der Waals surface area contributed by atoms with Gasteiger partial charge in [-0.15, -0.1) is 11.8 Å². The molecule has 2 atom stereocenters. The smallest absolute Gasteiger partial charge is 0.243 e. The molecule has 0 aliphatic carbocycles. The summed E-state index contributed by atoms with van der Waals surface area (Å²) >= 11 is 13.7. The molecule has 0 saturated heterocycles. The highest BCUT2D eigenvalue weighted by Crippen LogP contribution is 2.25. The quantitative estimate of drug-likeness (QED) is 0.259. The lowest BCUT2D eigenvalue weighted by Gasteiger charge is -2.32. The van der Waals surface area contributed by atoms with Gasteiger partial charge in [-0.25, -0.2) is 0 Å². The molecule has 4 nitrogen and oxygen atoms in total. The van der Waals surface area contributed by atoms with Crippen molar-refractivity contribution in [3.8, 4) is 0 Å². The number of aryl methyl sites for hydroxylation is 1. The van der Waals surface area contributed by atoms with Crippen molar-refractivity contribution in [1.29, 1.82) is 0 Å². The third kappa shape index (κ3) is 9.10. The molecule has 1 N–H and O–H groups in total. The molecule has 7 heteroatoms. The van der Waals surface area contributed by atoms with E-state index in [1.165, 1.54) is 11.8 Å². The van der Waals surface area contributed by atoms with Crippen molar-refractivity contribution in [3.05, 3.63) is 105 Å². The fourth-order valence-corrected chi connectivity index (χ4v) is 5.03. The molecule has 0 heterocycles. The van der Waals surface area contributed by atoms with Gasteiger partial charge in [0, 0.05) is 24.8 Å². The second kappa shape index (κ2) is 14.5. The van der Waals surface area contributed by atoms with E-state index in [9.17, 15) is 9.59 Å². The highest BCUT2D eigenvalue weighted by Gasteiger charge is 2.30. The lowest BCUT2D eigenvalue weighted by molar-refractivity contribution is -0.139. The van der Waals surface area contributed by atoms with Gasteiger partial charge in [-0.05, 0) is 49.1 Å². The Hall–Kier alpha value is -2.47. The summed E-state index contributed by atoms with van der Waals surface area (Å²) < 4.78 is 0. The number of carbonyl (C=O) groups excluding carboxylic acids is 2. The number of hydrogen-bond acceptors (Lipinski definition) is 3. The van der Waals surface area contributed by atoms with E-state index in [1.807, 2.05) is 87.5 Å². The summed E-state index contributed by atoms with van der Waals surface area (Å²) in [5.74, 6) is 0.649. The maximum Gasteiger partial charge on any atom is 0.243 e. The fraction of sp³-hybridized carbons (Fsp3) is 0.333. The van der Waals surface area contributed by atoms with Gasteiger partial charge in [0.15, 0.2) is 0 Å². The minimum absolute atomic E-state index is 0.0196. The molecule has 0 radical (unpaired) electrons. The number of hydrogen-bond donors (Lipinski definition) is 1. The van der Waals surface area contributed by atoms with Gasteiger partial charge in [0.1, 0.15) is 6.04 Å². The SMILES string of the molecule is CC[C@@H](C)NC(=O)[C@H](Cc1ccccc1)N(Cc1ccc(C)cc1)C(=O)CSCc1ccc(Cl)c(Cl)c1. The average Bonchev–Trinajstić information content (AvgIpc) is 2.89. The maximum atomic E-state index is 13.7. The number of nitrogens with zero attached hydrogens (tertiary/aromatic N) is 1. The van der Waals surface area contributed by atoms with Crippen LogP contribution in [-0.4, -0.2) is 34.6 Å². The van der Waals surface area contributed by atoms with E-state index >= 15 is 0 Å². The molecule has 0 spiro atoms. The van der Waals surface area contributed by atoms with Crippen molar-refractivity contribution < 1.29 is 9.59 Å². The van der Waals surface area contributed by atoms with Gasteiger partial charge in [-0.1, -0.05) is 96.4 Å². The molecule has 0 bridgehead atoms. The monoisotopic (exact) mass is 556 g/mol. The van der Waals surface area contributed by atoms with E-state index in [1.54, 1.807) is 11.0 Å². The second-order valence-electron chi connectivity index (χ2n) is 9.27. The Kier molecular flexibility index (Phi) is 11.4. The second-order valence-corrected chi connectivity index (χ2v) is 11.1. The van der Waals surface area contributed by atoms with Gasteiger partial charge in [0.2, 0.25) is 11.8 Å². The number of thioether (sulfide) groups is 1. The molecule has 196 valence electrons. The predicted molar refractivity (Wildman–Crippen MR) is 156 cm³/mol. The van der Waals surface area contributed by atoms with E-state index < -0.39 is 6.04 Å². The lowest BCUT2D eigenvalue weighted by Crippen LogP contribution is -2.52. The summed E-state index contributed by atoms with van der Waals surface area (Å²) in [4.78, 5) is 29.0. The van der Waals surface area contributed by atoms with Crippen LogP contribution in [0.2, 0.25) is 10.0 Å². The highest BCUT2D eigenvalue weighted by molar-refractivity contribution is 7.99. The van der Waals surface area contributed by atoms with E-state index in [0.29, 0.717) is 28.8 Å². The molecule has 3 aromatic carbocycles. The number of benzene rings is 3. The van der Waals surface area contributed by atoms with Crippen molar-refractivity contribution >= 4 is 46.8 Å². The van der Waals surface area contributed by atoms with Crippen LogP contribution in [0.4, 0.5) is 0 Å². The Bertz CT molecular complexity index is 1170. The summed E-state index contributed by atoms with van der Waals surface area (Å²) in [6, 6.07) is 22.8. The van der Waals surface area contributed by atoms with Crippen LogP contribution in [0.3, 0.4) is 0 Å². The van der Waals surface area contributed by atoms with E-state index in [0.717, 1.165) is 28.7 Å². The van der Waals surface area contributed by atoms with Gasteiger partial charge in [-0.3, -0.25) is 9.59 Å². The Labute approximate surface area is 234 Å². The Morgan fingerprint density at radius 1 is 0.919 bits per heavy atom. The van der Waals surface area contributed by atoms with Crippen LogP contribution in [0, 0.1) is 6.92 Å². The first-order valence-corrected chi connectivity index (χ1v) is 14.4. The first-order chi connectivity index (χ1) is 17.8. The fourth-order valence-electron chi connectivity index (χ4n) is 3.85. The number of nitrogens with one attached hydrogen (secondary N) is 1. The standard InChI is InChI=1S/C30H34Cl2N2O2S/c1-4-22(3)33-30(36)28(17-23-8-6-5-7-9-23)34(18-24-12-10-21(2)11-13-24)29(35)20-37-19-25-14-15-26(31)27(32)16-25/h5-16,22,28H,4,17-20H2,1-3H3,(H,33,36)/t22-,28+/m1/s1. The van der Waals surface area contributed by atoms with Crippen LogP contribution in [0.15, 0.2) is 72.8 Å². The molecule has 0 aliphatic rings. The molecule has 2 amide bonds. The van der Waals surface area contributed by atoms with Gasteiger partial charge in [0.05, 0.1) is 15.8 Å². The van der Waals surface area contributed by atoms with Crippen LogP contribution in [0.25, 0.3) is 0 Å². The number of carbonyl (C=O) groups is 2. The minimum atomic E-state index is -0.629. The zero-order valence-corrected chi connectivity index (χ0v) is 23.9. The molecule has 0 fully saturated rings. The summed E-state index contributed by atoms with van der Waals surface area (Å²) in [7, 11) is 0. The van der Waals surface area contributed by atoms with E-state index in [2.05, 4.69) is 5.32 Å². The number of rotatable bonds is 12. The number of halogens is 2. The largest absolute Gasteiger partial charge is 0.352 e. The molecule has 3 aromatic rings. The highest BCUT2D eigenvalue weighted by atomic mass is 35.5. The number of amides is 2. The normalized spacial score (nSPS) is 12.6. The van der Waals surface area contributed by atoms with Crippen molar-refractivity contribution in [3.63, 3.8) is 0 Å². The van der Waals surface area contributed by atoms with Gasteiger partial charge in [-0.2, -0.15) is 0 Å². The zero-order chi connectivity index (χ0) is 26.8. The van der Waals surface area contributed by atoms with Crippen molar-refractivity contribution in [2.75, 3.05) is 5.75 Å². The molecule has 0 saturated carbocycles. The van der Waals surface area contributed by atoms with Crippen LogP contribution in [0.5, 0.6) is 0 Å². The topological polar surface area (TPSA) is 49.4 Å². The zero-order valence-electron chi connectivity index (χ0n) is 21.5. The van der Waals surface area contributed by atoms with E-state index in [4.69, 9.17) is 23.2 Å². The van der Waals surface area contributed by atoms with Crippen LogP contribution < -0.4 is 5.32 Å².